The van der Waals surface area contributed by atoms with Gasteiger partial charge in [0.25, 0.3) is 0 Å². The summed E-state index contributed by atoms with van der Waals surface area (Å²) < 4.78 is 5.07. The van der Waals surface area contributed by atoms with Gasteiger partial charge in [-0.1, -0.05) is 91.0 Å². The fraction of sp³-hybridized carbons (Fsp3) is 0.154. The molecule has 0 radical (unpaired) electrons. The van der Waals surface area contributed by atoms with E-state index in [1.807, 2.05) is 60.0 Å². The summed E-state index contributed by atoms with van der Waals surface area (Å²) in [5, 5.41) is 6.38. The minimum Gasteiger partial charge on any atom is -0.466 e. The average Bonchev–Trinajstić information content (AvgIpc) is 3.26. The fourth-order valence-corrected chi connectivity index (χ4v) is 4.51. The van der Waals surface area contributed by atoms with E-state index in [9.17, 15) is 4.79 Å². The predicted octanol–water partition coefficient (Wildman–Crippen LogP) is 5.65. The van der Waals surface area contributed by atoms with Crippen LogP contribution in [0.2, 0.25) is 0 Å². The molecule has 0 amide bonds. The molecule has 4 nitrogen and oxygen atoms in total. The molecule has 0 saturated heterocycles. The predicted molar refractivity (Wildman–Crippen MR) is 125 cm³/mol. The second-order valence-electron chi connectivity index (χ2n) is 7.10. The molecule has 1 aromatic heterocycles. The molecule has 4 rings (SSSR count). The van der Waals surface area contributed by atoms with Crippen LogP contribution in [0.25, 0.3) is 0 Å². The molecule has 0 fully saturated rings. The van der Waals surface area contributed by atoms with Gasteiger partial charge in [0, 0.05) is 5.38 Å². The Labute approximate surface area is 186 Å². The summed E-state index contributed by atoms with van der Waals surface area (Å²) in [7, 11) is 0. The van der Waals surface area contributed by atoms with Crippen molar-refractivity contribution >= 4 is 22.4 Å². The number of nitrogens with one attached hydrogen (secondary N) is 1. The number of carbonyl (C=O) groups is 1. The van der Waals surface area contributed by atoms with E-state index >= 15 is 0 Å². The first-order valence-electron chi connectivity index (χ1n) is 10.3. The number of nitrogens with zero attached hydrogens (tertiary/aromatic N) is 1. The number of hydrogen-bond acceptors (Lipinski definition) is 5. The van der Waals surface area contributed by atoms with Gasteiger partial charge in [-0.3, -0.25) is 4.79 Å². The van der Waals surface area contributed by atoms with E-state index in [1.54, 1.807) is 6.92 Å². The van der Waals surface area contributed by atoms with Crippen LogP contribution in [0.1, 0.15) is 29.3 Å². The minimum absolute atomic E-state index is 0.168. The van der Waals surface area contributed by atoms with Gasteiger partial charge in [0.05, 0.1) is 18.7 Å². The molecular weight excluding hydrogens is 404 g/mol. The van der Waals surface area contributed by atoms with Crippen molar-refractivity contribution in [1.29, 1.82) is 0 Å². The number of hydrogen-bond donors (Lipinski definition) is 1. The van der Waals surface area contributed by atoms with Crippen LogP contribution in [0, 0.1) is 0 Å². The average molecular weight is 429 g/mol. The summed E-state index contributed by atoms with van der Waals surface area (Å²) in [5.41, 5.74) is 3.38. The highest BCUT2D eigenvalue weighted by molar-refractivity contribution is 7.13. The van der Waals surface area contributed by atoms with Crippen molar-refractivity contribution in [2.24, 2.45) is 0 Å². The lowest BCUT2D eigenvalue weighted by molar-refractivity contribution is -0.142. The summed E-state index contributed by atoms with van der Waals surface area (Å²) in [4.78, 5) is 16.6. The van der Waals surface area contributed by atoms with Crippen LogP contribution in [0.5, 0.6) is 0 Å². The van der Waals surface area contributed by atoms with Crippen molar-refractivity contribution in [2.75, 3.05) is 11.9 Å². The monoisotopic (exact) mass is 428 g/mol. The first kappa shape index (κ1) is 20.8. The SMILES string of the molecule is CCOC(=O)Cc1csc(NC(c2ccccc2)(c2ccccc2)c2ccccc2)n1. The Kier molecular flexibility index (Phi) is 6.43. The van der Waals surface area contributed by atoms with Crippen molar-refractivity contribution in [3.05, 3.63) is 119 Å². The van der Waals surface area contributed by atoms with Gasteiger partial charge < -0.3 is 10.1 Å². The van der Waals surface area contributed by atoms with Gasteiger partial charge in [-0.05, 0) is 23.6 Å². The van der Waals surface area contributed by atoms with Crippen LogP contribution in [-0.4, -0.2) is 17.6 Å². The molecule has 0 aliphatic carbocycles. The van der Waals surface area contributed by atoms with Gasteiger partial charge in [-0.15, -0.1) is 11.3 Å². The Morgan fingerprint density at radius 2 is 1.35 bits per heavy atom. The summed E-state index contributed by atoms with van der Waals surface area (Å²) in [6.45, 7) is 2.17. The van der Waals surface area contributed by atoms with E-state index in [4.69, 9.17) is 9.72 Å². The maximum absolute atomic E-state index is 11.9. The highest BCUT2D eigenvalue weighted by atomic mass is 32.1. The molecule has 5 heteroatoms. The third kappa shape index (κ3) is 4.52. The molecule has 0 aliphatic heterocycles. The Morgan fingerprint density at radius 1 is 0.871 bits per heavy atom. The van der Waals surface area contributed by atoms with Crippen LogP contribution in [0.3, 0.4) is 0 Å². The fourth-order valence-electron chi connectivity index (χ4n) is 3.75. The summed E-state index contributed by atoms with van der Waals surface area (Å²) in [6, 6.07) is 31.1. The molecule has 3 aromatic carbocycles. The number of carbonyl (C=O) groups excluding carboxylic acids is 1. The third-order valence-corrected chi connectivity index (χ3v) is 5.90. The zero-order valence-corrected chi connectivity index (χ0v) is 18.1. The Balaban J connectivity index is 1.82. The molecule has 0 spiro atoms. The van der Waals surface area contributed by atoms with E-state index in [-0.39, 0.29) is 12.4 Å². The van der Waals surface area contributed by atoms with E-state index in [0.717, 1.165) is 21.8 Å². The highest BCUT2D eigenvalue weighted by Gasteiger charge is 2.37. The molecule has 4 aromatic rings. The summed E-state index contributed by atoms with van der Waals surface area (Å²) in [6.07, 6.45) is 0.168. The lowest BCUT2D eigenvalue weighted by atomic mass is 9.77. The normalized spacial score (nSPS) is 11.1. The van der Waals surface area contributed by atoms with Crippen molar-refractivity contribution in [2.45, 2.75) is 18.9 Å². The van der Waals surface area contributed by atoms with Crippen LogP contribution >= 0.6 is 11.3 Å². The molecule has 156 valence electrons. The van der Waals surface area contributed by atoms with Crippen LogP contribution in [0.15, 0.2) is 96.4 Å². The van der Waals surface area contributed by atoms with Gasteiger partial charge in [0.2, 0.25) is 0 Å². The van der Waals surface area contributed by atoms with Crippen molar-refractivity contribution < 1.29 is 9.53 Å². The second-order valence-corrected chi connectivity index (χ2v) is 7.96. The Hall–Kier alpha value is -3.44. The molecule has 1 N–H and O–H groups in total. The molecule has 0 bridgehead atoms. The first-order valence-corrected chi connectivity index (χ1v) is 11.1. The number of anilines is 1. The topological polar surface area (TPSA) is 51.2 Å². The van der Waals surface area contributed by atoms with Gasteiger partial charge in [0.15, 0.2) is 5.13 Å². The van der Waals surface area contributed by atoms with Gasteiger partial charge in [-0.25, -0.2) is 4.98 Å². The Morgan fingerprint density at radius 3 is 1.81 bits per heavy atom. The van der Waals surface area contributed by atoms with E-state index in [1.165, 1.54) is 11.3 Å². The van der Waals surface area contributed by atoms with E-state index in [0.29, 0.717) is 12.3 Å². The Bertz CT molecular complexity index is 1020. The van der Waals surface area contributed by atoms with Crippen LogP contribution in [0.4, 0.5) is 5.13 Å². The maximum Gasteiger partial charge on any atom is 0.311 e. The van der Waals surface area contributed by atoms with Crippen molar-refractivity contribution in [3.8, 4) is 0 Å². The zero-order chi connectivity index (χ0) is 21.5. The third-order valence-electron chi connectivity index (χ3n) is 5.10. The molecule has 0 unspecified atom stereocenters. The van der Waals surface area contributed by atoms with Gasteiger partial charge in [0.1, 0.15) is 5.54 Å². The second kappa shape index (κ2) is 9.58. The molecule has 0 saturated carbocycles. The number of aromatic nitrogens is 1. The number of esters is 1. The molecule has 0 atom stereocenters. The van der Waals surface area contributed by atoms with Crippen LogP contribution < -0.4 is 5.32 Å². The molecular formula is C26H24N2O2S. The van der Waals surface area contributed by atoms with Crippen molar-refractivity contribution in [3.63, 3.8) is 0 Å². The molecule has 0 aliphatic rings. The zero-order valence-electron chi connectivity index (χ0n) is 17.3. The molecule has 31 heavy (non-hydrogen) atoms. The molecule has 1 heterocycles. The quantitative estimate of drug-likeness (QED) is 0.291. The van der Waals surface area contributed by atoms with Crippen molar-refractivity contribution in [1.82, 2.24) is 4.98 Å². The lowest BCUT2D eigenvalue weighted by Gasteiger charge is -2.36. The van der Waals surface area contributed by atoms with Crippen LogP contribution in [-0.2, 0) is 21.5 Å². The minimum atomic E-state index is -0.636. The number of ether oxygens (including phenoxy) is 1. The highest BCUT2D eigenvalue weighted by Crippen LogP contribution is 2.40. The van der Waals surface area contributed by atoms with Gasteiger partial charge in [-0.2, -0.15) is 0 Å². The van der Waals surface area contributed by atoms with E-state index in [2.05, 4.69) is 41.7 Å². The summed E-state index contributed by atoms with van der Waals surface area (Å²) in [5.74, 6) is -0.264. The van der Waals surface area contributed by atoms with E-state index < -0.39 is 5.54 Å². The maximum atomic E-state index is 11.9. The largest absolute Gasteiger partial charge is 0.466 e. The number of thiazole rings is 1. The number of benzene rings is 3. The smallest absolute Gasteiger partial charge is 0.311 e. The number of rotatable bonds is 8. The van der Waals surface area contributed by atoms with Gasteiger partial charge >= 0.3 is 5.97 Å². The standard InChI is InChI=1S/C26H24N2O2S/c1-2-30-24(29)18-23-19-31-25(27-23)28-26(20-12-6-3-7-13-20,21-14-8-4-9-15-21)22-16-10-5-11-17-22/h3-17,19H,2,18H2,1H3,(H,27,28). The lowest BCUT2D eigenvalue weighted by Crippen LogP contribution is -2.38. The first-order chi connectivity index (χ1) is 15.2. The summed E-state index contributed by atoms with van der Waals surface area (Å²) >= 11 is 1.49.